The molecule has 0 fully saturated rings. The van der Waals surface area contributed by atoms with Crippen LogP contribution in [0.4, 0.5) is 23.0 Å². The fourth-order valence-electron chi connectivity index (χ4n) is 3.85. The molecule has 0 spiro atoms. The summed E-state index contributed by atoms with van der Waals surface area (Å²) in [6, 6.07) is 14.8. The summed E-state index contributed by atoms with van der Waals surface area (Å²) in [7, 11) is -3.38. The summed E-state index contributed by atoms with van der Waals surface area (Å²) in [4.78, 5) is 21.0. The van der Waals surface area contributed by atoms with E-state index >= 15 is 0 Å². The van der Waals surface area contributed by atoms with Gasteiger partial charge in [-0.3, -0.25) is 0 Å². The van der Waals surface area contributed by atoms with Gasteiger partial charge in [-0.15, -0.1) is 0 Å². The number of rotatable bonds is 11. The monoisotopic (exact) mass is 567 g/mol. The number of benzene rings is 1. The van der Waals surface area contributed by atoms with Crippen LogP contribution in [0, 0.1) is 0 Å². The highest BCUT2D eigenvalue weighted by molar-refractivity contribution is 7.90. The predicted octanol–water partition coefficient (Wildman–Crippen LogP) is 5.42. The lowest BCUT2D eigenvalue weighted by Crippen LogP contribution is -2.22. The van der Waals surface area contributed by atoms with Crippen LogP contribution in [-0.2, 0) is 26.0 Å². The predicted molar refractivity (Wildman–Crippen MR) is 156 cm³/mol. The molecule has 0 bridgehead atoms. The van der Waals surface area contributed by atoms with Crippen molar-refractivity contribution in [3.05, 3.63) is 66.5 Å². The van der Waals surface area contributed by atoms with Crippen molar-refractivity contribution in [2.75, 3.05) is 30.6 Å². The van der Waals surface area contributed by atoms with E-state index in [4.69, 9.17) is 14.5 Å². The Morgan fingerprint density at radius 1 is 1.03 bits per heavy atom. The fourth-order valence-corrected chi connectivity index (χ4v) is 5.45. The van der Waals surface area contributed by atoms with Gasteiger partial charge in [-0.2, -0.15) is 0 Å². The number of esters is 1. The van der Waals surface area contributed by atoms with Gasteiger partial charge in [0.1, 0.15) is 24.0 Å². The highest BCUT2D eigenvalue weighted by atomic mass is 32.2. The molecular weight excluding hydrogens is 534 g/mol. The van der Waals surface area contributed by atoms with Crippen LogP contribution >= 0.6 is 0 Å². The van der Waals surface area contributed by atoms with Crippen LogP contribution in [0.1, 0.15) is 10.4 Å². The Hall–Kier alpha value is -3.74. The minimum Gasteiger partial charge on any atom is -0.465 e. The van der Waals surface area contributed by atoms with Gasteiger partial charge in [0.05, 0.1) is 28.9 Å². The lowest BCUT2D eigenvalue weighted by molar-refractivity contribution is 0.0600. The molecule has 0 saturated heterocycles. The Balaban J connectivity index is 1.70. The fraction of sp³-hybridized carbons (Fsp3) is 0.296. The summed E-state index contributed by atoms with van der Waals surface area (Å²) in [6.45, 7) is 7.91. The molecule has 2 N–H and O–H groups in total. The van der Waals surface area contributed by atoms with E-state index in [1.807, 2.05) is 16.8 Å². The summed E-state index contributed by atoms with van der Waals surface area (Å²) in [5.41, 5.74) is 2.10. The van der Waals surface area contributed by atoms with Crippen molar-refractivity contribution in [3.8, 4) is 0 Å². The van der Waals surface area contributed by atoms with Gasteiger partial charge >= 0.3 is 5.97 Å². The second-order valence-corrected chi connectivity index (χ2v) is 18.0. The number of ether oxygens (including phenoxy) is 2. The summed E-state index contributed by atoms with van der Waals surface area (Å²) in [5, 5.41) is 7.26. The summed E-state index contributed by atoms with van der Waals surface area (Å²) >= 11 is 0. The number of carbonyl (C=O) groups excluding carboxylic acids is 1. The van der Waals surface area contributed by atoms with E-state index < -0.39 is 23.9 Å². The molecule has 1 aromatic carbocycles. The van der Waals surface area contributed by atoms with Crippen molar-refractivity contribution in [1.82, 2.24) is 14.5 Å². The maximum Gasteiger partial charge on any atom is 0.339 e. The lowest BCUT2D eigenvalue weighted by atomic mass is 10.2. The van der Waals surface area contributed by atoms with Gasteiger partial charge in [-0.05, 0) is 36.4 Å². The smallest absolute Gasteiger partial charge is 0.339 e. The number of methoxy groups -OCH3 is 1. The Morgan fingerprint density at radius 3 is 2.46 bits per heavy atom. The van der Waals surface area contributed by atoms with Crippen LogP contribution < -0.4 is 10.6 Å². The molecule has 206 valence electrons. The van der Waals surface area contributed by atoms with Crippen LogP contribution in [0.15, 0.2) is 65.8 Å². The molecule has 0 aliphatic carbocycles. The highest BCUT2D eigenvalue weighted by Gasteiger charge is 2.17. The SMILES string of the molecule is COC(=O)c1ccc(Nc2cc(Nc3ccccc3S(C)(=O)=O)c3ccn(COCC[Si](C)(C)C)c3n2)nc1. The normalized spacial score (nSPS) is 11.9. The molecule has 0 aliphatic heterocycles. The van der Waals surface area contributed by atoms with Gasteiger partial charge in [0.2, 0.25) is 0 Å². The van der Waals surface area contributed by atoms with E-state index in [0.717, 1.165) is 11.4 Å². The first-order valence-corrected chi connectivity index (χ1v) is 18.0. The second kappa shape index (κ2) is 11.6. The number of pyridine rings is 2. The van der Waals surface area contributed by atoms with Gasteiger partial charge < -0.3 is 24.7 Å². The largest absolute Gasteiger partial charge is 0.465 e. The Bertz CT molecular complexity index is 1580. The molecule has 0 atom stereocenters. The average Bonchev–Trinajstić information content (AvgIpc) is 3.29. The van der Waals surface area contributed by atoms with Crippen molar-refractivity contribution in [2.24, 2.45) is 0 Å². The molecule has 0 radical (unpaired) electrons. The third-order valence-electron chi connectivity index (χ3n) is 5.96. The van der Waals surface area contributed by atoms with Crippen molar-refractivity contribution in [2.45, 2.75) is 37.3 Å². The molecule has 12 heteroatoms. The van der Waals surface area contributed by atoms with Crippen molar-refractivity contribution in [1.29, 1.82) is 0 Å². The number of nitrogens with zero attached hydrogens (tertiary/aromatic N) is 3. The van der Waals surface area contributed by atoms with Crippen molar-refractivity contribution < 1.29 is 22.7 Å². The number of hydrogen-bond acceptors (Lipinski definition) is 9. The number of fused-ring (bicyclic) bond motifs is 1. The Labute approximate surface area is 229 Å². The topological polar surface area (TPSA) is 124 Å². The zero-order valence-corrected chi connectivity index (χ0v) is 24.5. The molecule has 3 heterocycles. The van der Waals surface area contributed by atoms with E-state index in [1.54, 1.807) is 42.5 Å². The average molecular weight is 568 g/mol. The van der Waals surface area contributed by atoms with Crippen LogP contribution in [0.25, 0.3) is 11.0 Å². The molecule has 0 amide bonds. The molecule has 0 unspecified atom stereocenters. The zero-order valence-electron chi connectivity index (χ0n) is 22.7. The van der Waals surface area contributed by atoms with Crippen LogP contribution in [0.2, 0.25) is 25.7 Å². The molecule has 4 rings (SSSR count). The van der Waals surface area contributed by atoms with E-state index in [9.17, 15) is 13.2 Å². The van der Waals surface area contributed by atoms with Gasteiger partial charge in [0.25, 0.3) is 0 Å². The third-order valence-corrected chi connectivity index (χ3v) is 8.81. The molecule has 3 aromatic heterocycles. The van der Waals surface area contributed by atoms with Crippen LogP contribution in [0.3, 0.4) is 0 Å². The number of anilines is 4. The standard InChI is InChI=1S/C27H33N5O5SSi/c1-36-27(33)19-10-11-24(28-17-19)30-25-16-22(29-21-8-6-7-9-23(21)38(2,34)35)20-12-13-32(26(20)31-25)18-37-14-15-39(3,4)5/h6-13,16-17H,14-15,18H2,1-5H3,(H2,28,29,30,31). The number of aromatic nitrogens is 3. The quantitative estimate of drug-likeness (QED) is 0.139. The third kappa shape index (κ3) is 7.22. The van der Waals surface area contributed by atoms with Gasteiger partial charge in [-0.1, -0.05) is 31.8 Å². The summed E-state index contributed by atoms with van der Waals surface area (Å²) in [5.74, 6) is 0.472. The second-order valence-electron chi connectivity index (χ2n) is 10.4. The van der Waals surface area contributed by atoms with E-state index in [1.165, 1.54) is 19.6 Å². The molecule has 0 aliphatic rings. The van der Waals surface area contributed by atoms with Gasteiger partial charge in [-0.25, -0.2) is 23.2 Å². The lowest BCUT2D eigenvalue weighted by Gasteiger charge is -2.16. The van der Waals surface area contributed by atoms with Crippen molar-refractivity contribution >= 4 is 57.9 Å². The van der Waals surface area contributed by atoms with Crippen LogP contribution in [-0.4, -0.2) is 57.0 Å². The summed E-state index contributed by atoms with van der Waals surface area (Å²) < 4.78 is 37.4. The number of sulfone groups is 1. The Morgan fingerprint density at radius 2 is 1.79 bits per heavy atom. The molecule has 4 aromatic rings. The zero-order chi connectivity index (χ0) is 28.2. The van der Waals surface area contributed by atoms with Gasteiger partial charge in [0, 0.05) is 44.8 Å². The maximum absolute atomic E-state index is 12.4. The summed E-state index contributed by atoms with van der Waals surface area (Å²) in [6.07, 6.45) is 4.50. The number of para-hydroxylation sites is 1. The van der Waals surface area contributed by atoms with Crippen LogP contribution in [0.5, 0.6) is 0 Å². The molecule has 10 nitrogen and oxygen atoms in total. The number of carbonyl (C=O) groups is 1. The molecular formula is C27H33N5O5SSi. The first-order valence-electron chi connectivity index (χ1n) is 12.4. The number of hydrogen-bond donors (Lipinski definition) is 2. The highest BCUT2D eigenvalue weighted by Crippen LogP contribution is 2.32. The molecule has 39 heavy (non-hydrogen) atoms. The minimum absolute atomic E-state index is 0.193. The Kier molecular flexibility index (Phi) is 8.38. The number of nitrogens with one attached hydrogen (secondary N) is 2. The van der Waals surface area contributed by atoms with Gasteiger partial charge in [0.15, 0.2) is 9.84 Å². The van der Waals surface area contributed by atoms with E-state index in [-0.39, 0.29) is 4.90 Å². The minimum atomic E-state index is -3.46. The molecule has 0 saturated carbocycles. The first kappa shape index (κ1) is 28.3. The van der Waals surface area contributed by atoms with E-state index in [0.29, 0.717) is 47.6 Å². The first-order chi connectivity index (χ1) is 18.4. The van der Waals surface area contributed by atoms with E-state index in [2.05, 4.69) is 35.3 Å². The maximum atomic E-state index is 12.4. The van der Waals surface area contributed by atoms with Crippen molar-refractivity contribution in [3.63, 3.8) is 0 Å².